The Balaban J connectivity index is 1.63. The number of nitrogens with zero attached hydrogens (tertiary/aromatic N) is 1. The molecule has 0 unspecified atom stereocenters. The van der Waals surface area contributed by atoms with Gasteiger partial charge in [-0.1, -0.05) is 42.6 Å². The molecule has 170 valence electrons. The summed E-state index contributed by atoms with van der Waals surface area (Å²) in [6.45, 7) is 3.96. The Kier molecular flexibility index (Phi) is 6.79. The number of benzene rings is 2. The van der Waals surface area contributed by atoms with Crippen molar-refractivity contribution >= 4 is 23.5 Å². The number of ether oxygens (including phenoxy) is 2. The number of thioether (sulfide) groups is 1. The first-order valence-corrected chi connectivity index (χ1v) is 11.2. The molecule has 1 aromatic heterocycles. The molecule has 2 N–H and O–H groups in total. The third-order valence-corrected chi connectivity index (χ3v) is 6.11. The minimum atomic E-state index is -0.483. The predicted molar refractivity (Wildman–Crippen MR) is 125 cm³/mol. The van der Waals surface area contributed by atoms with Crippen molar-refractivity contribution in [1.82, 2.24) is 9.97 Å². The second kappa shape index (κ2) is 9.91. The zero-order valence-corrected chi connectivity index (χ0v) is 18.7. The highest BCUT2D eigenvalue weighted by atomic mass is 32.2. The van der Waals surface area contributed by atoms with Crippen molar-refractivity contribution in [2.45, 2.75) is 23.2 Å². The Morgan fingerprint density at radius 3 is 2.73 bits per heavy atom. The highest BCUT2D eigenvalue weighted by Crippen LogP contribution is 2.38. The number of fused-ring (bicyclic) bond motifs is 1. The fourth-order valence-corrected chi connectivity index (χ4v) is 4.42. The van der Waals surface area contributed by atoms with E-state index in [0.29, 0.717) is 34.6 Å². The largest absolute Gasteiger partial charge is 0.493 e. The number of halogens is 1. The van der Waals surface area contributed by atoms with Crippen molar-refractivity contribution in [2.75, 3.05) is 19.0 Å². The second-order valence-electron chi connectivity index (χ2n) is 7.36. The molecular formula is C24H22FN3O4S. The van der Waals surface area contributed by atoms with E-state index >= 15 is 0 Å². The lowest BCUT2D eigenvalue weighted by molar-refractivity contribution is -0.116. The van der Waals surface area contributed by atoms with Gasteiger partial charge in [-0.25, -0.2) is 9.37 Å². The first kappa shape index (κ1) is 22.6. The van der Waals surface area contributed by atoms with Gasteiger partial charge in [-0.2, -0.15) is 0 Å². The molecule has 0 aliphatic carbocycles. The summed E-state index contributed by atoms with van der Waals surface area (Å²) >= 11 is 1.30. The monoisotopic (exact) mass is 467 g/mol. The van der Waals surface area contributed by atoms with Crippen LogP contribution in [0.15, 0.2) is 65.1 Å². The molecule has 33 heavy (non-hydrogen) atoms. The molecule has 4 rings (SSSR count). The van der Waals surface area contributed by atoms with Crippen LogP contribution in [0.2, 0.25) is 0 Å². The normalized spacial score (nSPS) is 14.8. The van der Waals surface area contributed by atoms with Gasteiger partial charge in [-0.05, 0) is 35.4 Å². The summed E-state index contributed by atoms with van der Waals surface area (Å²) < 4.78 is 24.1. The second-order valence-corrected chi connectivity index (χ2v) is 8.33. The van der Waals surface area contributed by atoms with Crippen molar-refractivity contribution in [1.29, 1.82) is 0 Å². The standard InChI is InChI=1S/C24H22FN3O4S/c1-3-10-32-18-9-6-15(11-19(18)31-2)17-12-20(29)26-22-21(17)23(30)28-24(27-22)33-13-14-4-7-16(25)8-5-14/h3-9,11,17H,1,10,12-13H2,2H3,(H2,26,27,28,29,30)/t17-/m0/s1. The zero-order valence-electron chi connectivity index (χ0n) is 17.9. The molecule has 7 nitrogen and oxygen atoms in total. The van der Waals surface area contributed by atoms with Crippen LogP contribution in [-0.2, 0) is 10.5 Å². The Morgan fingerprint density at radius 1 is 1.21 bits per heavy atom. The van der Waals surface area contributed by atoms with E-state index in [1.54, 1.807) is 30.3 Å². The van der Waals surface area contributed by atoms with Crippen LogP contribution in [0.5, 0.6) is 11.5 Å². The summed E-state index contributed by atoms with van der Waals surface area (Å²) in [4.78, 5) is 32.7. The molecule has 2 aromatic carbocycles. The fourth-order valence-electron chi connectivity index (χ4n) is 3.60. The highest BCUT2D eigenvalue weighted by molar-refractivity contribution is 7.98. The number of amides is 1. The molecule has 0 bridgehead atoms. The third kappa shape index (κ3) is 5.09. The lowest BCUT2D eigenvalue weighted by Gasteiger charge is -2.25. The van der Waals surface area contributed by atoms with E-state index in [1.165, 1.54) is 31.0 Å². The number of carbonyl (C=O) groups excluding carboxylic acids is 1. The third-order valence-electron chi connectivity index (χ3n) is 5.16. The van der Waals surface area contributed by atoms with Crippen LogP contribution in [0.1, 0.15) is 29.0 Å². The maximum Gasteiger partial charge on any atom is 0.257 e. The maximum atomic E-state index is 13.1. The van der Waals surface area contributed by atoms with Crippen LogP contribution in [-0.4, -0.2) is 29.6 Å². The minimum absolute atomic E-state index is 0.107. The van der Waals surface area contributed by atoms with Gasteiger partial charge in [0.2, 0.25) is 5.91 Å². The van der Waals surface area contributed by atoms with E-state index in [2.05, 4.69) is 21.9 Å². The van der Waals surface area contributed by atoms with Crippen LogP contribution < -0.4 is 20.3 Å². The number of aromatic amines is 1. The topological polar surface area (TPSA) is 93.3 Å². The van der Waals surface area contributed by atoms with E-state index < -0.39 is 5.92 Å². The van der Waals surface area contributed by atoms with Crippen molar-refractivity contribution in [3.05, 3.63) is 88.0 Å². The first-order valence-electron chi connectivity index (χ1n) is 10.2. The first-order chi connectivity index (χ1) is 16.0. The van der Waals surface area contributed by atoms with Crippen LogP contribution in [0, 0.1) is 5.82 Å². The smallest absolute Gasteiger partial charge is 0.257 e. The van der Waals surface area contributed by atoms with Gasteiger partial charge in [0.15, 0.2) is 16.7 Å². The summed E-state index contributed by atoms with van der Waals surface area (Å²) in [5.41, 5.74) is 1.70. The van der Waals surface area contributed by atoms with Gasteiger partial charge < -0.3 is 19.8 Å². The Hall–Kier alpha value is -3.59. The molecule has 1 amide bonds. The number of anilines is 1. The molecule has 0 saturated carbocycles. The number of hydrogen-bond acceptors (Lipinski definition) is 6. The zero-order chi connectivity index (χ0) is 23.4. The van der Waals surface area contributed by atoms with E-state index in [9.17, 15) is 14.0 Å². The van der Waals surface area contributed by atoms with Crippen molar-refractivity contribution in [2.24, 2.45) is 0 Å². The molecular weight excluding hydrogens is 445 g/mol. The van der Waals surface area contributed by atoms with E-state index in [0.717, 1.165) is 11.1 Å². The van der Waals surface area contributed by atoms with Crippen LogP contribution in [0.25, 0.3) is 0 Å². The van der Waals surface area contributed by atoms with Crippen molar-refractivity contribution in [3.63, 3.8) is 0 Å². The van der Waals surface area contributed by atoms with Crippen LogP contribution in [0.4, 0.5) is 10.2 Å². The fraction of sp³-hybridized carbons (Fsp3) is 0.208. The average molecular weight is 468 g/mol. The quantitative estimate of drug-likeness (QED) is 0.292. The SMILES string of the molecule is C=CCOc1ccc([C@@H]2CC(=O)Nc3nc(SCc4ccc(F)cc4)[nH]c(=O)c32)cc1OC. The molecule has 0 spiro atoms. The van der Waals surface area contributed by atoms with Gasteiger partial charge in [0.1, 0.15) is 18.2 Å². The molecule has 3 aromatic rings. The molecule has 0 fully saturated rings. The number of methoxy groups -OCH3 is 1. The van der Waals surface area contributed by atoms with Gasteiger partial charge in [0.05, 0.1) is 12.7 Å². The molecule has 0 saturated heterocycles. The summed E-state index contributed by atoms with van der Waals surface area (Å²) in [6.07, 6.45) is 1.74. The Bertz CT molecular complexity index is 1240. The maximum absolute atomic E-state index is 13.1. The molecule has 9 heteroatoms. The lowest BCUT2D eigenvalue weighted by atomic mass is 9.86. The van der Waals surface area contributed by atoms with Gasteiger partial charge in [-0.3, -0.25) is 9.59 Å². The minimum Gasteiger partial charge on any atom is -0.493 e. The van der Waals surface area contributed by atoms with E-state index in [-0.39, 0.29) is 29.5 Å². The number of H-pyrrole nitrogens is 1. The summed E-state index contributed by atoms with van der Waals surface area (Å²) in [5.74, 6) is 0.749. The number of rotatable bonds is 8. The molecule has 1 aliphatic rings. The summed E-state index contributed by atoms with van der Waals surface area (Å²) in [7, 11) is 1.53. The number of carbonyl (C=O) groups is 1. The summed E-state index contributed by atoms with van der Waals surface area (Å²) in [6, 6.07) is 11.4. The van der Waals surface area contributed by atoms with E-state index in [1.807, 2.05) is 6.07 Å². The highest BCUT2D eigenvalue weighted by Gasteiger charge is 2.31. The molecule has 1 aliphatic heterocycles. The van der Waals surface area contributed by atoms with Gasteiger partial charge in [-0.15, -0.1) is 0 Å². The Labute approximate surface area is 194 Å². The Morgan fingerprint density at radius 2 is 2.00 bits per heavy atom. The van der Waals surface area contributed by atoms with Gasteiger partial charge in [0, 0.05) is 18.1 Å². The van der Waals surface area contributed by atoms with Crippen molar-refractivity contribution < 1.29 is 18.7 Å². The van der Waals surface area contributed by atoms with Crippen LogP contribution >= 0.6 is 11.8 Å². The van der Waals surface area contributed by atoms with Gasteiger partial charge >= 0.3 is 0 Å². The van der Waals surface area contributed by atoms with E-state index in [4.69, 9.17) is 9.47 Å². The lowest BCUT2D eigenvalue weighted by Crippen LogP contribution is -2.31. The van der Waals surface area contributed by atoms with Crippen molar-refractivity contribution in [3.8, 4) is 11.5 Å². The molecule has 0 radical (unpaired) electrons. The predicted octanol–water partition coefficient (Wildman–Crippen LogP) is 4.25. The number of nitrogens with one attached hydrogen (secondary N) is 2. The average Bonchev–Trinajstić information content (AvgIpc) is 2.81. The van der Waals surface area contributed by atoms with Crippen LogP contribution in [0.3, 0.4) is 0 Å². The number of aromatic nitrogens is 2. The summed E-state index contributed by atoms with van der Waals surface area (Å²) in [5, 5.41) is 3.08. The molecule has 2 heterocycles. The van der Waals surface area contributed by atoms with Gasteiger partial charge in [0.25, 0.3) is 5.56 Å². The number of hydrogen-bond donors (Lipinski definition) is 2. The molecule has 1 atom stereocenters.